The molecule has 0 aliphatic carbocycles. The largest absolute Gasteiger partial charge is 0.488 e. The first kappa shape index (κ1) is 13.4. The fourth-order valence-corrected chi connectivity index (χ4v) is 1.41. The van der Waals surface area contributed by atoms with Crippen molar-refractivity contribution >= 4 is 23.2 Å². The lowest BCUT2D eigenvalue weighted by atomic mass is 10.1. The van der Waals surface area contributed by atoms with E-state index in [1.165, 1.54) is 5.54 Å². The molecule has 1 aromatic carbocycles. The molecule has 0 aliphatic heterocycles. The second-order valence-electron chi connectivity index (χ2n) is 3.56. The van der Waals surface area contributed by atoms with E-state index in [-0.39, 0.29) is 6.61 Å². The van der Waals surface area contributed by atoms with Crippen LogP contribution >= 0.6 is 23.2 Å². The predicted octanol–water partition coefficient (Wildman–Crippen LogP) is 3.75. The average Bonchev–Trinajstić information content (AvgIpc) is 2.25. The maximum absolute atomic E-state index is 9.56. The molecule has 1 aromatic rings. The summed E-state index contributed by atoms with van der Waals surface area (Å²) in [6.07, 6.45) is -0.575. The van der Waals surface area contributed by atoms with Gasteiger partial charge in [0.2, 0.25) is 0 Å². The van der Waals surface area contributed by atoms with Gasteiger partial charge in [-0.2, -0.15) is 0 Å². The molecule has 0 aromatic heterocycles. The van der Waals surface area contributed by atoms with Crippen molar-refractivity contribution in [2.24, 2.45) is 0 Å². The summed E-state index contributed by atoms with van der Waals surface area (Å²) in [6, 6.07) is 5.63. The van der Waals surface area contributed by atoms with Gasteiger partial charge in [0.25, 0.3) is 0 Å². The molecule has 0 saturated carbocycles. The molecule has 0 unspecified atom stereocenters. The van der Waals surface area contributed by atoms with Crippen LogP contribution in [0.15, 0.2) is 28.8 Å². The van der Waals surface area contributed by atoms with E-state index in [1.54, 1.807) is 6.92 Å². The molecule has 1 rings (SSSR count). The van der Waals surface area contributed by atoms with E-state index in [9.17, 15) is 5.11 Å². The first-order valence-corrected chi connectivity index (χ1v) is 5.72. The summed E-state index contributed by atoms with van der Waals surface area (Å²) in [7, 11) is 0. The van der Waals surface area contributed by atoms with Crippen LogP contribution in [0.3, 0.4) is 0 Å². The minimum absolute atomic E-state index is 0.203. The Hall–Kier alpha value is -0.700. The number of benzene rings is 1. The van der Waals surface area contributed by atoms with Crippen molar-refractivity contribution < 1.29 is 9.84 Å². The zero-order chi connectivity index (χ0) is 12.1. The third kappa shape index (κ3) is 3.71. The molecule has 16 heavy (non-hydrogen) atoms. The highest BCUT2D eigenvalue weighted by molar-refractivity contribution is 6.36. The van der Waals surface area contributed by atoms with E-state index in [2.05, 4.69) is 0 Å². The summed E-state index contributed by atoms with van der Waals surface area (Å²) in [6.45, 7) is 3.85. The highest BCUT2D eigenvalue weighted by atomic mass is 35.5. The number of rotatable bonds is 4. The van der Waals surface area contributed by atoms with Gasteiger partial charge in [0, 0.05) is 11.1 Å². The van der Waals surface area contributed by atoms with E-state index in [1.807, 2.05) is 25.1 Å². The predicted molar refractivity (Wildman–Crippen MR) is 67.1 cm³/mol. The van der Waals surface area contributed by atoms with Crippen molar-refractivity contribution in [3.8, 4) is 5.75 Å². The molecule has 0 aliphatic rings. The van der Waals surface area contributed by atoms with Gasteiger partial charge in [-0.05, 0) is 25.5 Å². The first-order chi connectivity index (χ1) is 7.54. The smallest absolute Gasteiger partial charge is 0.125 e. The SMILES string of the molecule is Cc1ccc([C@H](C)O)c(OCC(Cl)=CCl)c1. The van der Waals surface area contributed by atoms with E-state index in [0.29, 0.717) is 10.8 Å². The van der Waals surface area contributed by atoms with Gasteiger partial charge in [-0.25, -0.2) is 0 Å². The molecule has 0 amide bonds. The molecular weight excluding hydrogens is 247 g/mol. The Kier molecular flexibility index (Phi) is 5.13. The summed E-state index contributed by atoms with van der Waals surface area (Å²) < 4.78 is 5.49. The van der Waals surface area contributed by atoms with Crippen LogP contribution in [0.5, 0.6) is 5.75 Å². The lowest BCUT2D eigenvalue weighted by Crippen LogP contribution is -2.02. The Morgan fingerprint density at radius 1 is 1.56 bits per heavy atom. The molecule has 0 saturated heterocycles. The zero-order valence-corrected chi connectivity index (χ0v) is 10.7. The molecule has 1 atom stereocenters. The maximum Gasteiger partial charge on any atom is 0.125 e. The molecule has 88 valence electrons. The van der Waals surface area contributed by atoms with Crippen LogP contribution in [0, 0.1) is 6.92 Å². The molecule has 2 nitrogen and oxygen atoms in total. The van der Waals surface area contributed by atoms with Crippen LogP contribution in [0.1, 0.15) is 24.2 Å². The van der Waals surface area contributed by atoms with Crippen molar-refractivity contribution in [3.05, 3.63) is 39.9 Å². The van der Waals surface area contributed by atoms with Gasteiger partial charge in [-0.3, -0.25) is 0 Å². The van der Waals surface area contributed by atoms with Gasteiger partial charge in [0.05, 0.1) is 11.1 Å². The van der Waals surface area contributed by atoms with Crippen LogP contribution in [0.25, 0.3) is 0 Å². The normalized spacial score (nSPS) is 13.7. The van der Waals surface area contributed by atoms with Crippen molar-refractivity contribution in [3.63, 3.8) is 0 Å². The van der Waals surface area contributed by atoms with Crippen molar-refractivity contribution in [1.82, 2.24) is 0 Å². The molecule has 0 heterocycles. The Labute approximate surface area is 105 Å². The summed E-state index contributed by atoms with van der Waals surface area (Å²) >= 11 is 11.2. The fraction of sp³-hybridized carbons (Fsp3) is 0.333. The number of aliphatic hydroxyl groups excluding tert-OH is 1. The molecule has 0 bridgehead atoms. The fourth-order valence-electron chi connectivity index (χ4n) is 1.29. The van der Waals surface area contributed by atoms with E-state index >= 15 is 0 Å². The summed E-state index contributed by atoms with van der Waals surface area (Å²) in [5, 5.41) is 9.98. The maximum atomic E-state index is 9.56. The third-order valence-electron chi connectivity index (χ3n) is 2.10. The van der Waals surface area contributed by atoms with Gasteiger partial charge in [-0.1, -0.05) is 35.3 Å². The van der Waals surface area contributed by atoms with Crippen LogP contribution in [-0.4, -0.2) is 11.7 Å². The van der Waals surface area contributed by atoms with E-state index in [0.717, 1.165) is 11.1 Å². The van der Waals surface area contributed by atoms with Crippen LogP contribution in [0.2, 0.25) is 0 Å². The minimum atomic E-state index is -0.575. The van der Waals surface area contributed by atoms with Gasteiger partial charge in [0.15, 0.2) is 0 Å². The number of ether oxygens (including phenoxy) is 1. The zero-order valence-electron chi connectivity index (χ0n) is 9.21. The van der Waals surface area contributed by atoms with Crippen molar-refractivity contribution in [2.75, 3.05) is 6.61 Å². The number of aryl methyl sites for hydroxylation is 1. The van der Waals surface area contributed by atoms with E-state index in [4.69, 9.17) is 27.9 Å². The molecule has 0 spiro atoms. The third-order valence-corrected chi connectivity index (χ3v) is 2.70. The quantitative estimate of drug-likeness (QED) is 0.894. The molecule has 0 radical (unpaired) electrons. The van der Waals surface area contributed by atoms with Crippen LogP contribution in [-0.2, 0) is 0 Å². The summed E-state index contributed by atoms with van der Waals surface area (Å²) in [5.74, 6) is 0.631. The number of hydrogen-bond donors (Lipinski definition) is 1. The highest BCUT2D eigenvalue weighted by Gasteiger charge is 2.09. The number of aliphatic hydroxyl groups is 1. The minimum Gasteiger partial charge on any atom is -0.488 e. The Bertz CT molecular complexity index is 387. The lowest BCUT2D eigenvalue weighted by Gasteiger charge is -2.13. The molecule has 0 fully saturated rings. The molecule has 1 N–H and O–H groups in total. The highest BCUT2D eigenvalue weighted by Crippen LogP contribution is 2.26. The van der Waals surface area contributed by atoms with Crippen LogP contribution < -0.4 is 4.74 Å². The van der Waals surface area contributed by atoms with Crippen molar-refractivity contribution in [1.29, 1.82) is 0 Å². The van der Waals surface area contributed by atoms with Gasteiger partial charge in [-0.15, -0.1) is 0 Å². The van der Waals surface area contributed by atoms with Gasteiger partial charge < -0.3 is 9.84 Å². The summed E-state index contributed by atoms with van der Waals surface area (Å²) in [5.41, 5.74) is 3.06. The topological polar surface area (TPSA) is 29.5 Å². The second-order valence-corrected chi connectivity index (χ2v) is 4.27. The van der Waals surface area contributed by atoms with Gasteiger partial charge in [0.1, 0.15) is 12.4 Å². The number of halogens is 2. The van der Waals surface area contributed by atoms with Crippen molar-refractivity contribution in [2.45, 2.75) is 20.0 Å². The lowest BCUT2D eigenvalue weighted by molar-refractivity contribution is 0.193. The Morgan fingerprint density at radius 2 is 2.25 bits per heavy atom. The monoisotopic (exact) mass is 260 g/mol. The second kappa shape index (κ2) is 6.14. The van der Waals surface area contributed by atoms with E-state index < -0.39 is 6.10 Å². The number of hydrogen-bond acceptors (Lipinski definition) is 2. The van der Waals surface area contributed by atoms with Crippen LogP contribution in [0.4, 0.5) is 0 Å². The molecular formula is C12H14Cl2O2. The Balaban J connectivity index is 2.88. The molecule has 4 heteroatoms. The summed E-state index contributed by atoms with van der Waals surface area (Å²) in [4.78, 5) is 0. The Morgan fingerprint density at radius 3 is 2.81 bits per heavy atom. The standard InChI is InChI=1S/C12H14Cl2O2/c1-8-3-4-11(9(2)15)12(5-8)16-7-10(14)6-13/h3-6,9,15H,7H2,1-2H3/t9-/m0/s1. The van der Waals surface area contributed by atoms with Gasteiger partial charge >= 0.3 is 0 Å². The average molecular weight is 261 g/mol. The first-order valence-electron chi connectivity index (χ1n) is 4.90.